The normalized spacial score (nSPS) is 9.93. The molecule has 10 nitrogen and oxygen atoms in total. The van der Waals surface area contributed by atoms with E-state index in [4.69, 9.17) is 19.3 Å². The van der Waals surface area contributed by atoms with E-state index in [2.05, 4.69) is 4.98 Å². The average Bonchev–Trinajstić information content (AvgIpc) is 2.69. The molecule has 28 heavy (non-hydrogen) atoms. The summed E-state index contributed by atoms with van der Waals surface area (Å²) in [5.74, 6) is 0.498. The van der Waals surface area contributed by atoms with Gasteiger partial charge in [-0.2, -0.15) is 4.98 Å². The Morgan fingerprint density at radius 1 is 1.25 bits per heavy atom. The van der Waals surface area contributed by atoms with Crippen LogP contribution < -0.4 is 19.9 Å². The van der Waals surface area contributed by atoms with Crippen LogP contribution in [0.15, 0.2) is 23.1 Å². The Kier molecular flexibility index (Phi) is 8.89. The van der Waals surface area contributed by atoms with Gasteiger partial charge in [0.1, 0.15) is 13.2 Å². The number of methoxy groups -OCH3 is 1. The summed E-state index contributed by atoms with van der Waals surface area (Å²) in [6.07, 6.45) is 1.56. The number of hydrogen-bond acceptors (Lipinski definition) is 8. The summed E-state index contributed by atoms with van der Waals surface area (Å²) in [4.78, 5) is 26.2. The molecule has 0 spiro atoms. The van der Waals surface area contributed by atoms with Crippen LogP contribution in [-0.4, -0.2) is 39.9 Å². The van der Waals surface area contributed by atoms with Crippen LogP contribution in [0.5, 0.6) is 17.4 Å². The lowest BCUT2D eigenvalue weighted by Crippen LogP contribution is -2.21. The zero-order valence-corrected chi connectivity index (χ0v) is 16.6. The second-order valence-corrected chi connectivity index (χ2v) is 5.37. The third-order valence-corrected chi connectivity index (χ3v) is 3.50. The van der Waals surface area contributed by atoms with E-state index >= 15 is 0 Å². The van der Waals surface area contributed by atoms with E-state index in [1.54, 1.807) is 20.2 Å². The van der Waals surface area contributed by atoms with Gasteiger partial charge < -0.3 is 23.9 Å². The molecule has 0 radical (unpaired) electrons. The fraction of sp³-hybridized carbons (Fsp3) is 0.444. The zero-order chi connectivity index (χ0) is 21.3. The number of rotatable bonds is 8. The summed E-state index contributed by atoms with van der Waals surface area (Å²) in [5.41, 5.74) is 0.111. The molecule has 0 aliphatic rings. The van der Waals surface area contributed by atoms with E-state index in [9.17, 15) is 14.9 Å². The van der Waals surface area contributed by atoms with Crippen LogP contribution >= 0.6 is 0 Å². The van der Waals surface area contributed by atoms with Crippen LogP contribution in [0.2, 0.25) is 0 Å². The van der Waals surface area contributed by atoms with Gasteiger partial charge in [0.2, 0.25) is 5.88 Å². The highest BCUT2D eigenvalue weighted by atomic mass is 16.6. The number of hydrogen-bond donors (Lipinski definition) is 1. The molecule has 0 aliphatic carbocycles. The van der Waals surface area contributed by atoms with Gasteiger partial charge in [-0.25, -0.2) is 4.79 Å². The van der Waals surface area contributed by atoms with Crippen LogP contribution in [0, 0.1) is 17.0 Å². The predicted molar refractivity (Wildman–Crippen MR) is 102 cm³/mol. The minimum Gasteiger partial charge on any atom is -0.493 e. The molecule has 0 aliphatic heterocycles. The quantitative estimate of drug-likeness (QED) is 0.531. The predicted octanol–water partition coefficient (Wildman–Crippen LogP) is 1.98. The summed E-state index contributed by atoms with van der Waals surface area (Å²) in [6, 6.07) is 2.62. The molecular weight excluding hydrogens is 370 g/mol. The van der Waals surface area contributed by atoms with Crippen molar-refractivity contribution in [1.29, 1.82) is 0 Å². The first-order valence-corrected chi connectivity index (χ1v) is 8.63. The molecule has 0 saturated carbocycles. The van der Waals surface area contributed by atoms with Crippen molar-refractivity contribution in [3.05, 3.63) is 50.1 Å². The van der Waals surface area contributed by atoms with Gasteiger partial charge in [0, 0.05) is 18.8 Å². The Bertz CT molecular complexity index is 865. The molecule has 0 saturated heterocycles. The topological polar surface area (TPSA) is 126 Å². The molecule has 0 fully saturated rings. The second-order valence-electron chi connectivity index (χ2n) is 5.37. The van der Waals surface area contributed by atoms with Crippen molar-refractivity contribution >= 4 is 5.69 Å². The maximum absolute atomic E-state index is 11.6. The lowest BCUT2D eigenvalue weighted by atomic mass is 10.1. The number of aliphatic hydroxyl groups excluding tert-OH is 1. The number of nitro benzene ring substituents is 1. The summed E-state index contributed by atoms with van der Waals surface area (Å²) in [6.45, 7) is 5.26. The monoisotopic (exact) mass is 395 g/mol. The Morgan fingerprint density at radius 2 is 1.93 bits per heavy atom. The van der Waals surface area contributed by atoms with Crippen LogP contribution in [0.3, 0.4) is 0 Å². The molecule has 0 amide bonds. The Morgan fingerprint density at radius 3 is 2.50 bits per heavy atom. The van der Waals surface area contributed by atoms with Crippen molar-refractivity contribution in [2.45, 2.75) is 27.4 Å². The highest BCUT2D eigenvalue weighted by Gasteiger charge is 2.21. The van der Waals surface area contributed by atoms with E-state index in [0.29, 0.717) is 5.56 Å². The molecule has 2 aromatic rings. The van der Waals surface area contributed by atoms with E-state index in [1.807, 2.05) is 13.8 Å². The number of aryl methyl sites for hydroxylation is 2. The van der Waals surface area contributed by atoms with E-state index in [0.717, 1.165) is 0 Å². The highest BCUT2D eigenvalue weighted by Crippen LogP contribution is 2.35. The molecular formula is C18H25N3O7. The van der Waals surface area contributed by atoms with Gasteiger partial charge >= 0.3 is 5.69 Å². The highest BCUT2D eigenvalue weighted by molar-refractivity contribution is 5.54. The van der Waals surface area contributed by atoms with Crippen molar-refractivity contribution in [3.8, 4) is 17.4 Å². The first-order valence-electron chi connectivity index (χ1n) is 8.63. The maximum atomic E-state index is 11.6. The number of aliphatic hydroxyl groups is 1. The van der Waals surface area contributed by atoms with Crippen molar-refractivity contribution in [2.24, 2.45) is 7.05 Å². The number of nitro groups is 1. The van der Waals surface area contributed by atoms with Crippen LogP contribution in [0.4, 0.5) is 5.69 Å². The molecule has 154 valence electrons. The summed E-state index contributed by atoms with van der Waals surface area (Å²) >= 11 is 0. The molecule has 2 rings (SSSR count). The number of benzene rings is 1. The largest absolute Gasteiger partial charge is 0.493 e. The molecule has 1 N–H and O–H groups in total. The second kappa shape index (κ2) is 10.9. The first kappa shape index (κ1) is 22.9. The van der Waals surface area contributed by atoms with Crippen molar-refractivity contribution in [1.82, 2.24) is 9.55 Å². The fourth-order valence-corrected chi connectivity index (χ4v) is 2.25. The van der Waals surface area contributed by atoms with Gasteiger partial charge in [0.25, 0.3) is 5.69 Å². The number of aromatic nitrogens is 2. The Balaban J connectivity index is 0.00000190. The van der Waals surface area contributed by atoms with Gasteiger partial charge in [-0.15, -0.1) is 0 Å². The Labute approximate surface area is 162 Å². The first-order chi connectivity index (χ1) is 13.4. The van der Waals surface area contributed by atoms with Gasteiger partial charge in [-0.3, -0.25) is 10.1 Å². The summed E-state index contributed by atoms with van der Waals surface area (Å²) in [7, 11) is 2.96. The van der Waals surface area contributed by atoms with Gasteiger partial charge in [0.05, 0.1) is 30.3 Å². The van der Waals surface area contributed by atoms with E-state index in [1.165, 1.54) is 23.8 Å². The minimum atomic E-state index is -0.575. The maximum Gasteiger partial charge on any atom is 0.350 e. The molecule has 1 heterocycles. The van der Waals surface area contributed by atoms with Gasteiger partial charge in [0.15, 0.2) is 11.5 Å². The van der Waals surface area contributed by atoms with Crippen LogP contribution in [0.25, 0.3) is 0 Å². The third-order valence-electron chi connectivity index (χ3n) is 3.50. The fourth-order valence-electron chi connectivity index (χ4n) is 2.25. The van der Waals surface area contributed by atoms with E-state index < -0.39 is 10.6 Å². The minimum absolute atomic E-state index is 0.0280. The molecule has 0 unspecified atom stereocenters. The van der Waals surface area contributed by atoms with Crippen molar-refractivity contribution in [2.75, 3.05) is 20.3 Å². The average molecular weight is 395 g/mol. The summed E-state index contributed by atoms with van der Waals surface area (Å²) in [5, 5.41) is 20.2. The smallest absolute Gasteiger partial charge is 0.350 e. The molecule has 1 aromatic carbocycles. The Hall–Kier alpha value is -3.14. The SMILES string of the molecule is CC.COc1cc(COc2nc(=O)n(C)cc2C)c([N+](=O)[O-])cc1OCCO. The van der Waals surface area contributed by atoms with Crippen LogP contribution in [-0.2, 0) is 13.7 Å². The molecule has 0 atom stereocenters. The standard InChI is InChI=1S/C16H19N3O7.C2H6/c1-10-8-18(2)16(21)17-15(10)26-9-11-6-13(24-3)14(25-5-4-20)7-12(11)19(22)23;1-2/h6-8,20H,4-5,9H2,1-3H3;1-2H3. The van der Waals surface area contributed by atoms with Crippen LogP contribution in [0.1, 0.15) is 25.0 Å². The number of nitrogens with zero attached hydrogens (tertiary/aromatic N) is 3. The molecule has 10 heteroatoms. The lowest BCUT2D eigenvalue weighted by Gasteiger charge is -2.13. The lowest BCUT2D eigenvalue weighted by molar-refractivity contribution is -0.385. The molecule has 0 bridgehead atoms. The third kappa shape index (κ3) is 5.68. The zero-order valence-electron chi connectivity index (χ0n) is 16.6. The van der Waals surface area contributed by atoms with Crippen molar-refractivity contribution < 1.29 is 24.2 Å². The van der Waals surface area contributed by atoms with Gasteiger partial charge in [-0.1, -0.05) is 13.8 Å². The van der Waals surface area contributed by atoms with E-state index in [-0.39, 0.29) is 48.5 Å². The van der Waals surface area contributed by atoms with Crippen molar-refractivity contribution in [3.63, 3.8) is 0 Å². The molecule has 1 aromatic heterocycles. The summed E-state index contributed by atoms with van der Waals surface area (Å²) < 4.78 is 17.2. The number of ether oxygens (including phenoxy) is 3. The van der Waals surface area contributed by atoms with Gasteiger partial charge in [-0.05, 0) is 13.0 Å².